The predicted octanol–water partition coefficient (Wildman–Crippen LogP) is 1.94. The van der Waals surface area contributed by atoms with E-state index in [0.29, 0.717) is 17.7 Å². The van der Waals surface area contributed by atoms with Crippen molar-refractivity contribution < 1.29 is 4.39 Å². The highest BCUT2D eigenvalue weighted by molar-refractivity contribution is 5.33. The van der Waals surface area contributed by atoms with Crippen molar-refractivity contribution in [2.24, 2.45) is 0 Å². The Labute approximate surface area is 86.4 Å². The molecule has 0 atom stereocenters. The van der Waals surface area contributed by atoms with E-state index in [2.05, 4.69) is 4.98 Å². The first-order valence-electron chi connectivity index (χ1n) is 4.44. The SMILES string of the molecule is N#Cc1ccc(F)c(Cn2ccnc2)c1. The molecule has 3 nitrogen and oxygen atoms in total. The van der Waals surface area contributed by atoms with Crippen LogP contribution in [0.1, 0.15) is 11.1 Å². The molecule has 74 valence electrons. The highest BCUT2D eigenvalue weighted by Crippen LogP contribution is 2.11. The van der Waals surface area contributed by atoms with Gasteiger partial charge in [0.1, 0.15) is 5.82 Å². The van der Waals surface area contributed by atoms with E-state index in [1.54, 1.807) is 29.4 Å². The molecule has 0 saturated carbocycles. The predicted molar refractivity (Wildman–Crippen MR) is 52.4 cm³/mol. The molecule has 0 unspecified atom stereocenters. The van der Waals surface area contributed by atoms with Gasteiger partial charge in [-0.2, -0.15) is 5.26 Å². The van der Waals surface area contributed by atoms with Gasteiger partial charge in [-0.3, -0.25) is 0 Å². The van der Waals surface area contributed by atoms with E-state index in [4.69, 9.17) is 5.26 Å². The molecule has 0 spiro atoms. The highest BCUT2D eigenvalue weighted by atomic mass is 19.1. The van der Waals surface area contributed by atoms with Gasteiger partial charge < -0.3 is 4.57 Å². The van der Waals surface area contributed by atoms with Gasteiger partial charge in [0, 0.05) is 18.0 Å². The largest absolute Gasteiger partial charge is 0.333 e. The molecule has 0 aliphatic rings. The molecule has 4 heteroatoms. The van der Waals surface area contributed by atoms with Crippen molar-refractivity contribution in [2.45, 2.75) is 6.54 Å². The molecule has 0 amide bonds. The summed E-state index contributed by atoms with van der Waals surface area (Å²) in [6.45, 7) is 0.390. The van der Waals surface area contributed by atoms with Crippen LogP contribution in [0.3, 0.4) is 0 Å². The Hall–Kier alpha value is -2.15. The van der Waals surface area contributed by atoms with E-state index < -0.39 is 0 Å². The van der Waals surface area contributed by atoms with Crippen molar-refractivity contribution >= 4 is 0 Å². The fraction of sp³-hybridized carbons (Fsp3) is 0.0909. The molecule has 0 bridgehead atoms. The van der Waals surface area contributed by atoms with Crippen LogP contribution in [-0.4, -0.2) is 9.55 Å². The van der Waals surface area contributed by atoms with E-state index in [1.165, 1.54) is 12.1 Å². The van der Waals surface area contributed by atoms with Crippen molar-refractivity contribution in [2.75, 3.05) is 0 Å². The van der Waals surface area contributed by atoms with Gasteiger partial charge >= 0.3 is 0 Å². The van der Waals surface area contributed by atoms with Crippen LogP contribution >= 0.6 is 0 Å². The van der Waals surface area contributed by atoms with Crippen LogP contribution in [0.25, 0.3) is 0 Å². The summed E-state index contributed by atoms with van der Waals surface area (Å²) in [4.78, 5) is 3.87. The molecule has 1 aromatic heterocycles. The van der Waals surface area contributed by atoms with Crippen LogP contribution in [0.4, 0.5) is 4.39 Å². The van der Waals surface area contributed by atoms with Crippen molar-refractivity contribution in [1.29, 1.82) is 5.26 Å². The molecule has 1 aromatic carbocycles. The van der Waals surface area contributed by atoms with Gasteiger partial charge in [-0.25, -0.2) is 9.37 Å². The number of benzene rings is 1. The van der Waals surface area contributed by atoms with Crippen molar-refractivity contribution in [3.8, 4) is 6.07 Å². The summed E-state index contributed by atoms with van der Waals surface area (Å²) in [6, 6.07) is 6.31. The van der Waals surface area contributed by atoms with Crippen LogP contribution in [0.2, 0.25) is 0 Å². The smallest absolute Gasteiger partial charge is 0.128 e. The second kappa shape index (κ2) is 3.93. The first-order valence-corrected chi connectivity index (χ1v) is 4.44. The van der Waals surface area contributed by atoms with Gasteiger partial charge in [0.2, 0.25) is 0 Å². The third-order valence-electron chi connectivity index (χ3n) is 2.09. The summed E-state index contributed by atoms with van der Waals surface area (Å²) in [5, 5.41) is 8.69. The van der Waals surface area contributed by atoms with Gasteiger partial charge in [0.15, 0.2) is 0 Å². The minimum Gasteiger partial charge on any atom is -0.333 e. The second-order valence-electron chi connectivity index (χ2n) is 3.15. The van der Waals surface area contributed by atoms with Gasteiger partial charge in [-0.1, -0.05) is 0 Å². The molecule has 0 fully saturated rings. The Kier molecular flexibility index (Phi) is 2.46. The number of aromatic nitrogens is 2. The zero-order valence-corrected chi connectivity index (χ0v) is 7.89. The number of hydrogen-bond donors (Lipinski definition) is 0. The normalized spacial score (nSPS) is 9.87. The maximum absolute atomic E-state index is 13.4. The molecule has 15 heavy (non-hydrogen) atoms. The Morgan fingerprint density at radius 1 is 1.47 bits per heavy atom. The molecule has 0 aliphatic heterocycles. The average molecular weight is 201 g/mol. The minimum absolute atomic E-state index is 0.303. The first-order chi connectivity index (χ1) is 7.29. The molecule has 0 saturated heterocycles. The zero-order chi connectivity index (χ0) is 10.7. The van der Waals surface area contributed by atoms with Crippen LogP contribution < -0.4 is 0 Å². The third kappa shape index (κ3) is 2.02. The Morgan fingerprint density at radius 3 is 3.00 bits per heavy atom. The summed E-state index contributed by atoms with van der Waals surface area (Å²) in [6.07, 6.45) is 4.99. The van der Waals surface area contributed by atoms with Crippen LogP contribution in [0.5, 0.6) is 0 Å². The zero-order valence-electron chi connectivity index (χ0n) is 7.89. The maximum atomic E-state index is 13.4. The van der Waals surface area contributed by atoms with Crippen LogP contribution in [-0.2, 0) is 6.54 Å². The van der Waals surface area contributed by atoms with E-state index in [-0.39, 0.29) is 5.82 Å². The van der Waals surface area contributed by atoms with E-state index in [9.17, 15) is 4.39 Å². The number of rotatable bonds is 2. The number of halogens is 1. The van der Waals surface area contributed by atoms with Crippen molar-refractivity contribution in [3.05, 3.63) is 53.9 Å². The number of nitriles is 1. The van der Waals surface area contributed by atoms with Gasteiger partial charge in [0.25, 0.3) is 0 Å². The summed E-state index contributed by atoms with van der Waals surface area (Å²) < 4.78 is 15.1. The summed E-state index contributed by atoms with van der Waals surface area (Å²) in [5.41, 5.74) is 0.957. The third-order valence-corrected chi connectivity index (χ3v) is 2.09. The maximum Gasteiger partial charge on any atom is 0.128 e. The lowest BCUT2D eigenvalue weighted by Crippen LogP contribution is -1.99. The van der Waals surface area contributed by atoms with Gasteiger partial charge in [0.05, 0.1) is 24.5 Å². The highest BCUT2D eigenvalue weighted by Gasteiger charge is 2.03. The van der Waals surface area contributed by atoms with Crippen molar-refractivity contribution in [3.63, 3.8) is 0 Å². The molecule has 0 N–H and O–H groups in total. The molecule has 2 rings (SSSR count). The van der Waals surface area contributed by atoms with Crippen LogP contribution in [0.15, 0.2) is 36.9 Å². The lowest BCUT2D eigenvalue weighted by atomic mass is 10.1. The topological polar surface area (TPSA) is 41.6 Å². The molecule has 2 aromatic rings. The van der Waals surface area contributed by atoms with Crippen LogP contribution in [0, 0.1) is 17.1 Å². The van der Waals surface area contributed by atoms with Crippen molar-refractivity contribution in [1.82, 2.24) is 9.55 Å². The Balaban J connectivity index is 2.32. The molecular formula is C11H8FN3. The molecular weight excluding hydrogens is 193 g/mol. The summed E-state index contributed by atoms with van der Waals surface area (Å²) >= 11 is 0. The first kappa shape index (κ1) is 9.41. The van der Waals surface area contributed by atoms with Gasteiger partial charge in [-0.05, 0) is 18.2 Å². The Morgan fingerprint density at radius 2 is 2.33 bits per heavy atom. The van der Waals surface area contributed by atoms with Gasteiger partial charge in [-0.15, -0.1) is 0 Å². The number of hydrogen-bond acceptors (Lipinski definition) is 2. The van der Waals surface area contributed by atoms with E-state index in [1.807, 2.05) is 6.07 Å². The second-order valence-corrected chi connectivity index (χ2v) is 3.15. The molecule has 0 aliphatic carbocycles. The monoisotopic (exact) mass is 201 g/mol. The quantitative estimate of drug-likeness (QED) is 0.745. The average Bonchev–Trinajstić information content (AvgIpc) is 2.74. The molecule has 1 heterocycles. The fourth-order valence-corrected chi connectivity index (χ4v) is 1.34. The summed E-state index contributed by atoms with van der Waals surface area (Å²) in [5.74, 6) is -0.303. The summed E-state index contributed by atoms with van der Waals surface area (Å²) in [7, 11) is 0. The number of nitrogens with zero attached hydrogens (tertiary/aromatic N) is 3. The van der Waals surface area contributed by atoms with E-state index in [0.717, 1.165) is 0 Å². The minimum atomic E-state index is -0.303. The number of imidazole rings is 1. The Bertz CT molecular complexity index is 497. The van der Waals surface area contributed by atoms with E-state index >= 15 is 0 Å². The lowest BCUT2D eigenvalue weighted by Gasteiger charge is -2.04. The lowest BCUT2D eigenvalue weighted by molar-refractivity contribution is 0.599. The fourth-order valence-electron chi connectivity index (χ4n) is 1.34. The molecule has 0 radical (unpaired) electrons. The standard InChI is InChI=1S/C11H8FN3/c12-11-2-1-9(6-13)5-10(11)7-15-4-3-14-8-15/h1-5,8H,7H2.